The first-order valence-electron chi connectivity index (χ1n) is 11.1. The van der Waals surface area contributed by atoms with Gasteiger partial charge in [0.2, 0.25) is 5.91 Å². The molecule has 0 radical (unpaired) electrons. The fourth-order valence-corrected chi connectivity index (χ4v) is 3.55. The Kier molecular flexibility index (Phi) is 13.8. The lowest BCUT2D eigenvalue weighted by molar-refractivity contribution is -0.131. The highest BCUT2D eigenvalue weighted by atomic mass is 16.4. The number of rotatable bonds is 15. The van der Waals surface area contributed by atoms with Gasteiger partial charge in [0.15, 0.2) is 0 Å². The summed E-state index contributed by atoms with van der Waals surface area (Å²) >= 11 is 0. The van der Waals surface area contributed by atoms with Crippen molar-refractivity contribution in [2.24, 2.45) is 0 Å². The lowest BCUT2D eigenvalue weighted by atomic mass is 10.1. The molecular weight excluding hydrogens is 342 g/mol. The molecule has 0 atom stereocenters. The molecule has 0 spiro atoms. The van der Waals surface area contributed by atoms with Crippen molar-refractivity contribution < 1.29 is 14.7 Å². The fourth-order valence-electron chi connectivity index (χ4n) is 3.55. The van der Waals surface area contributed by atoms with Crippen LogP contribution in [0.2, 0.25) is 0 Å². The SMILES string of the molecule is CCCCCCCCCCCCCCNCC(=O)N1CCN(C(=O)O)CC1. The normalized spacial score (nSPS) is 14.6. The topological polar surface area (TPSA) is 72.9 Å². The third-order valence-corrected chi connectivity index (χ3v) is 5.39. The van der Waals surface area contributed by atoms with E-state index in [0.717, 1.165) is 13.0 Å². The van der Waals surface area contributed by atoms with Gasteiger partial charge in [0.1, 0.15) is 0 Å². The number of amides is 2. The van der Waals surface area contributed by atoms with Crippen LogP contribution >= 0.6 is 0 Å². The summed E-state index contributed by atoms with van der Waals surface area (Å²) in [5, 5.41) is 12.1. The summed E-state index contributed by atoms with van der Waals surface area (Å²) in [7, 11) is 0. The van der Waals surface area contributed by atoms with Gasteiger partial charge in [-0.1, -0.05) is 77.6 Å². The summed E-state index contributed by atoms with van der Waals surface area (Å²) < 4.78 is 0. The average molecular weight is 384 g/mol. The van der Waals surface area contributed by atoms with E-state index < -0.39 is 6.09 Å². The number of carbonyl (C=O) groups excluding carboxylic acids is 1. The zero-order valence-electron chi connectivity index (χ0n) is 17.4. The summed E-state index contributed by atoms with van der Waals surface area (Å²) in [5.74, 6) is 0.0824. The molecule has 6 heteroatoms. The molecular formula is C21H41N3O3. The van der Waals surface area contributed by atoms with Crippen molar-refractivity contribution in [3.05, 3.63) is 0 Å². The summed E-state index contributed by atoms with van der Waals surface area (Å²) in [4.78, 5) is 26.1. The van der Waals surface area contributed by atoms with Gasteiger partial charge < -0.3 is 20.2 Å². The Balaban J connectivity index is 1.84. The predicted octanol–water partition coefficient (Wildman–Crippen LogP) is 4.10. The monoisotopic (exact) mass is 383 g/mol. The molecule has 1 aliphatic heterocycles. The van der Waals surface area contributed by atoms with E-state index in [4.69, 9.17) is 5.11 Å². The second-order valence-electron chi connectivity index (χ2n) is 7.72. The highest BCUT2D eigenvalue weighted by molar-refractivity contribution is 5.78. The molecule has 0 aliphatic carbocycles. The molecule has 6 nitrogen and oxygen atoms in total. The maximum atomic E-state index is 12.1. The summed E-state index contributed by atoms with van der Waals surface area (Å²) in [6.45, 7) is 5.36. The molecule has 1 aliphatic rings. The number of nitrogens with one attached hydrogen (secondary N) is 1. The number of hydrogen-bond donors (Lipinski definition) is 2. The minimum atomic E-state index is -0.896. The standard InChI is InChI=1S/C21H41N3O3/c1-2-3-4-5-6-7-8-9-10-11-12-13-14-22-19-20(25)23-15-17-24(18-16-23)21(26)27/h22H,2-19H2,1H3,(H,26,27). The Labute approximate surface area is 165 Å². The Bertz CT molecular complexity index is 396. The van der Waals surface area contributed by atoms with Crippen LogP contribution in [0.5, 0.6) is 0 Å². The molecule has 158 valence electrons. The largest absolute Gasteiger partial charge is 0.465 e. The van der Waals surface area contributed by atoms with Gasteiger partial charge in [-0.05, 0) is 13.0 Å². The van der Waals surface area contributed by atoms with Crippen molar-refractivity contribution in [2.45, 2.75) is 84.0 Å². The van der Waals surface area contributed by atoms with Gasteiger partial charge in [-0.2, -0.15) is 0 Å². The van der Waals surface area contributed by atoms with Crippen LogP contribution in [-0.4, -0.2) is 66.2 Å². The van der Waals surface area contributed by atoms with E-state index in [1.54, 1.807) is 4.90 Å². The van der Waals surface area contributed by atoms with Gasteiger partial charge in [0.25, 0.3) is 0 Å². The number of hydrogen-bond acceptors (Lipinski definition) is 3. The van der Waals surface area contributed by atoms with Gasteiger partial charge in [0, 0.05) is 26.2 Å². The van der Waals surface area contributed by atoms with E-state index in [1.165, 1.54) is 75.5 Å². The molecule has 1 rings (SSSR count). The van der Waals surface area contributed by atoms with Crippen LogP contribution in [-0.2, 0) is 4.79 Å². The maximum Gasteiger partial charge on any atom is 0.407 e. The van der Waals surface area contributed by atoms with Gasteiger partial charge >= 0.3 is 6.09 Å². The van der Waals surface area contributed by atoms with Crippen LogP contribution in [0, 0.1) is 0 Å². The third-order valence-electron chi connectivity index (χ3n) is 5.39. The predicted molar refractivity (Wildman–Crippen MR) is 110 cm³/mol. The van der Waals surface area contributed by atoms with E-state index in [1.807, 2.05) is 0 Å². The van der Waals surface area contributed by atoms with Crippen LogP contribution in [0.1, 0.15) is 84.0 Å². The summed E-state index contributed by atoms with van der Waals surface area (Å²) in [6, 6.07) is 0. The molecule has 0 unspecified atom stereocenters. The Hall–Kier alpha value is -1.30. The van der Waals surface area contributed by atoms with E-state index in [2.05, 4.69) is 12.2 Å². The molecule has 0 bridgehead atoms. The quantitative estimate of drug-likeness (QED) is 0.418. The maximum absolute atomic E-state index is 12.1. The zero-order valence-corrected chi connectivity index (χ0v) is 17.4. The molecule has 1 heterocycles. The van der Waals surface area contributed by atoms with Crippen LogP contribution in [0.15, 0.2) is 0 Å². The van der Waals surface area contributed by atoms with Crippen molar-refractivity contribution in [2.75, 3.05) is 39.3 Å². The molecule has 2 amide bonds. The minimum absolute atomic E-state index is 0.0824. The second-order valence-corrected chi connectivity index (χ2v) is 7.72. The molecule has 0 aromatic carbocycles. The smallest absolute Gasteiger partial charge is 0.407 e. The van der Waals surface area contributed by atoms with Crippen molar-refractivity contribution >= 4 is 12.0 Å². The number of carboxylic acid groups (broad SMARTS) is 1. The molecule has 1 fully saturated rings. The molecule has 0 aromatic rings. The number of nitrogens with zero attached hydrogens (tertiary/aromatic N) is 2. The van der Waals surface area contributed by atoms with Crippen LogP contribution < -0.4 is 5.32 Å². The Morgan fingerprint density at radius 3 is 1.67 bits per heavy atom. The van der Waals surface area contributed by atoms with Gasteiger partial charge in [-0.25, -0.2) is 4.79 Å². The highest BCUT2D eigenvalue weighted by Crippen LogP contribution is 2.11. The summed E-state index contributed by atoms with van der Waals surface area (Å²) in [6.07, 6.45) is 15.2. The second kappa shape index (κ2) is 15.7. The van der Waals surface area contributed by atoms with E-state index in [0.29, 0.717) is 32.7 Å². The number of unbranched alkanes of at least 4 members (excludes halogenated alkanes) is 11. The Morgan fingerprint density at radius 1 is 0.741 bits per heavy atom. The minimum Gasteiger partial charge on any atom is -0.465 e. The van der Waals surface area contributed by atoms with Crippen molar-refractivity contribution in [1.82, 2.24) is 15.1 Å². The zero-order chi connectivity index (χ0) is 19.7. The number of piperazine rings is 1. The van der Waals surface area contributed by atoms with E-state index >= 15 is 0 Å². The first kappa shape index (κ1) is 23.7. The van der Waals surface area contributed by atoms with Crippen molar-refractivity contribution in [3.8, 4) is 0 Å². The van der Waals surface area contributed by atoms with Crippen LogP contribution in [0.3, 0.4) is 0 Å². The molecule has 0 aromatic heterocycles. The Morgan fingerprint density at radius 2 is 1.19 bits per heavy atom. The molecule has 27 heavy (non-hydrogen) atoms. The highest BCUT2D eigenvalue weighted by Gasteiger charge is 2.23. The first-order chi connectivity index (χ1) is 13.1. The van der Waals surface area contributed by atoms with Gasteiger partial charge in [0.05, 0.1) is 6.54 Å². The molecule has 1 saturated heterocycles. The van der Waals surface area contributed by atoms with Crippen LogP contribution in [0.25, 0.3) is 0 Å². The van der Waals surface area contributed by atoms with Crippen molar-refractivity contribution in [3.63, 3.8) is 0 Å². The fraction of sp³-hybridized carbons (Fsp3) is 0.905. The average Bonchev–Trinajstić information content (AvgIpc) is 2.68. The van der Waals surface area contributed by atoms with Crippen molar-refractivity contribution in [1.29, 1.82) is 0 Å². The van der Waals surface area contributed by atoms with Gasteiger partial charge in [-0.15, -0.1) is 0 Å². The lowest BCUT2D eigenvalue weighted by Crippen LogP contribution is -2.52. The van der Waals surface area contributed by atoms with Crippen LogP contribution in [0.4, 0.5) is 4.79 Å². The lowest BCUT2D eigenvalue weighted by Gasteiger charge is -2.33. The summed E-state index contributed by atoms with van der Waals surface area (Å²) in [5.41, 5.74) is 0. The van der Waals surface area contributed by atoms with Gasteiger partial charge in [-0.3, -0.25) is 4.79 Å². The van der Waals surface area contributed by atoms with E-state index in [9.17, 15) is 9.59 Å². The first-order valence-corrected chi connectivity index (χ1v) is 11.1. The molecule has 0 saturated carbocycles. The molecule has 2 N–H and O–H groups in total. The number of carbonyl (C=O) groups is 2. The third kappa shape index (κ3) is 11.9. The van der Waals surface area contributed by atoms with E-state index in [-0.39, 0.29) is 5.91 Å².